The van der Waals surface area contributed by atoms with Gasteiger partial charge in [0.25, 0.3) is 17.4 Å². The summed E-state index contributed by atoms with van der Waals surface area (Å²) >= 11 is 0. The number of aliphatic hydroxyl groups excluding tert-OH is 1. The maximum absolute atomic E-state index is 13.2. The van der Waals surface area contributed by atoms with E-state index in [4.69, 9.17) is 4.74 Å². The Morgan fingerprint density at radius 1 is 1.17 bits per heavy atom. The van der Waals surface area contributed by atoms with Crippen LogP contribution < -0.4 is 4.74 Å². The van der Waals surface area contributed by atoms with Crippen LogP contribution in [0.15, 0.2) is 48.0 Å². The number of likely N-dealkylation sites (tertiary alicyclic amines) is 1. The number of ketones is 1. The van der Waals surface area contributed by atoms with E-state index in [0.29, 0.717) is 54.5 Å². The average Bonchev–Trinajstić information content (AvgIpc) is 3.07. The van der Waals surface area contributed by atoms with Crippen molar-refractivity contribution in [2.75, 3.05) is 33.8 Å². The first-order valence-corrected chi connectivity index (χ1v) is 11.9. The Morgan fingerprint density at radius 3 is 2.39 bits per heavy atom. The molecule has 2 aromatic carbocycles. The minimum Gasteiger partial charge on any atom is -0.507 e. The van der Waals surface area contributed by atoms with Gasteiger partial charge in [-0.2, -0.15) is 0 Å². The Labute approximate surface area is 211 Å². The zero-order valence-corrected chi connectivity index (χ0v) is 21.4. The fraction of sp³-hybridized carbons (Fsp3) is 0.407. The summed E-state index contributed by atoms with van der Waals surface area (Å²) in [6, 6.07) is 10.0. The molecule has 192 valence electrons. The van der Waals surface area contributed by atoms with Crippen molar-refractivity contribution in [1.82, 2.24) is 9.80 Å². The fourth-order valence-corrected chi connectivity index (χ4v) is 4.19. The molecule has 0 aliphatic carbocycles. The number of nitro benzene ring substituents is 1. The number of hydrogen-bond acceptors (Lipinski definition) is 7. The highest BCUT2D eigenvalue weighted by molar-refractivity contribution is 6.46. The number of nitrogens with zero attached hydrogens (tertiary/aromatic N) is 3. The molecule has 1 amide bonds. The number of non-ortho nitro benzene ring substituents is 1. The summed E-state index contributed by atoms with van der Waals surface area (Å²) in [7, 11) is 3.83. The highest BCUT2D eigenvalue weighted by Crippen LogP contribution is 2.40. The summed E-state index contributed by atoms with van der Waals surface area (Å²) in [6.45, 7) is 7.43. The normalized spacial score (nSPS) is 17.3. The summed E-state index contributed by atoms with van der Waals surface area (Å²) in [5.74, 6) is -0.759. The van der Waals surface area contributed by atoms with Gasteiger partial charge in [-0.3, -0.25) is 19.7 Å². The second kappa shape index (κ2) is 11.3. The minimum absolute atomic E-state index is 0.0299. The van der Waals surface area contributed by atoms with Gasteiger partial charge in [-0.15, -0.1) is 0 Å². The molecule has 1 saturated heterocycles. The SMILES string of the molecule is Cc1cc(OCC(C)C)ccc1/C(O)=C1\C(=O)C(=O)N(CCCN(C)C)C1c1ccc([N+](=O)[O-])cc1. The molecule has 0 spiro atoms. The Morgan fingerprint density at radius 2 is 1.83 bits per heavy atom. The molecule has 1 N–H and O–H groups in total. The van der Waals surface area contributed by atoms with Crippen LogP contribution in [0.5, 0.6) is 5.75 Å². The first-order valence-electron chi connectivity index (χ1n) is 11.9. The third-order valence-corrected chi connectivity index (χ3v) is 6.00. The number of hydrogen-bond donors (Lipinski definition) is 1. The predicted octanol–water partition coefficient (Wildman–Crippen LogP) is 4.31. The fourth-order valence-electron chi connectivity index (χ4n) is 4.19. The van der Waals surface area contributed by atoms with E-state index in [-0.39, 0.29) is 17.0 Å². The molecule has 36 heavy (non-hydrogen) atoms. The first-order chi connectivity index (χ1) is 17.0. The molecule has 1 aliphatic rings. The Balaban J connectivity index is 2.07. The molecule has 1 atom stereocenters. The number of aryl methyl sites for hydroxylation is 1. The number of rotatable bonds is 10. The highest BCUT2D eigenvalue weighted by atomic mass is 16.6. The number of ether oxygens (including phenoxy) is 1. The van der Waals surface area contributed by atoms with Gasteiger partial charge in [-0.25, -0.2) is 0 Å². The Hall–Kier alpha value is -3.72. The second-order valence-corrected chi connectivity index (χ2v) is 9.68. The first kappa shape index (κ1) is 26.9. The number of aliphatic hydroxyl groups is 1. The van der Waals surface area contributed by atoms with E-state index in [1.165, 1.54) is 29.2 Å². The van der Waals surface area contributed by atoms with Crippen molar-refractivity contribution in [2.24, 2.45) is 5.92 Å². The molecule has 1 unspecified atom stereocenters. The number of nitro groups is 1. The van der Waals surface area contributed by atoms with Crippen LogP contribution in [0.4, 0.5) is 5.69 Å². The van der Waals surface area contributed by atoms with Crippen LogP contribution in [0.2, 0.25) is 0 Å². The van der Waals surface area contributed by atoms with E-state index in [1.54, 1.807) is 25.1 Å². The number of amides is 1. The van der Waals surface area contributed by atoms with Gasteiger partial charge in [0, 0.05) is 24.2 Å². The standard InChI is InChI=1S/C27H33N3O6/c1-17(2)16-36-21-11-12-22(18(3)15-21)25(31)23-24(19-7-9-20(10-8-19)30(34)35)29(27(33)26(23)32)14-6-13-28(4)5/h7-12,15,17,24,31H,6,13-14,16H2,1-5H3/b25-23+. The minimum atomic E-state index is -0.857. The quantitative estimate of drug-likeness (QED) is 0.172. The maximum atomic E-state index is 13.2. The van der Waals surface area contributed by atoms with Gasteiger partial charge < -0.3 is 19.6 Å². The third-order valence-electron chi connectivity index (χ3n) is 6.00. The molecule has 9 heteroatoms. The van der Waals surface area contributed by atoms with Gasteiger partial charge in [0.2, 0.25) is 0 Å². The molecular weight excluding hydrogens is 462 g/mol. The van der Waals surface area contributed by atoms with Crippen LogP contribution in [-0.4, -0.2) is 65.3 Å². The topological polar surface area (TPSA) is 113 Å². The molecule has 0 radical (unpaired) electrons. The molecule has 1 aliphatic heterocycles. The monoisotopic (exact) mass is 495 g/mol. The number of carbonyl (C=O) groups is 2. The summed E-state index contributed by atoms with van der Waals surface area (Å²) in [5, 5.41) is 22.5. The van der Waals surface area contributed by atoms with E-state index in [1.807, 2.05) is 32.8 Å². The Bertz CT molecular complexity index is 1170. The lowest BCUT2D eigenvalue weighted by Crippen LogP contribution is -2.32. The van der Waals surface area contributed by atoms with E-state index in [9.17, 15) is 24.8 Å². The molecule has 3 rings (SSSR count). The highest BCUT2D eigenvalue weighted by Gasteiger charge is 2.46. The average molecular weight is 496 g/mol. The van der Waals surface area contributed by atoms with Gasteiger partial charge in [0.05, 0.1) is 23.1 Å². The van der Waals surface area contributed by atoms with Crippen LogP contribution in [0.25, 0.3) is 5.76 Å². The van der Waals surface area contributed by atoms with Crippen LogP contribution in [0.1, 0.15) is 43.0 Å². The van der Waals surface area contributed by atoms with E-state index >= 15 is 0 Å². The molecule has 0 aromatic heterocycles. The lowest BCUT2D eigenvalue weighted by atomic mass is 9.93. The van der Waals surface area contributed by atoms with Gasteiger partial charge >= 0.3 is 0 Å². The lowest BCUT2D eigenvalue weighted by molar-refractivity contribution is -0.384. The number of Topliss-reactive ketones (excluding diaryl/α,β-unsaturated/α-hetero) is 1. The molecule has 2 aromatic rings. The van der Waals surface area contributed by atoms with Crippen molar-refractivity contribution in [3.63, 3.8) is 0 Å². The second-order valence-electron chi connectivity index (χ2n) is 9.68. The van der Waals surface area contributed by atoms with Crippen molar-refractivity contribution in [3.05, 3.63) is 74.8 Å². The van der Waals surface area contributed by atoms with E-state index in [0.717, 1.165) is 0 Å². The lowest BCUT2D eigenvalue weighted by Gasteiger charge is -2.26. The van der Waals surface area contributed by atoms with E-state index in [2.05, 4.69) is 0 Å². The number of carbonyl (C=O) groups excluding carboxylic acids is 2. The van der Waals surface area contributed by atoms with Crippen LogP contribution in [0.3, 0.4) is 0 Å². The smallest absolute Gasteiger partial charge is 0.295 e. The predicted molar refractivity (Wildman–Crippen MR) is 137 cm³/mol. The van der Waals surface area contributed by atoms with Crippen molar-refractivity contribution in [1.29, 1.82) is 0 Å². The largest absolute Gasteiger partial charge is 0.507 e. The zero-order valence-electron chi connectivity index (χ0n) is 21.4. The molecule has 1 fully saturated rings. The van der Waals surface area contributed by atoms with Gasteiger partial charge in [0.1, 0.15) is 11.5 Å². The van der Waals surface area contributed by atoms with Gasteiger partial charge in [0.15, 0.2) is 0 Å². The van der Waals surface area contributed by atoms with Crippen molar-refractivity contribution >= 4 is 23.1 Å². The van der Waals surface area contributed by atoms with E-state index < -0.39 is 22.7 Å². The number of benzene rings is 2. The molecular formula is C27H33N3O6. The third kappa shape index (κ3) is 5.91. The summed E-state index contributed by atoms with van der Waals surface area (Å²) < 4.78 is 5.76. The van der Waals surface area contributed by atoms with Gasteiger partial charge in [-0.1, -0.05) is 13.8 Å². The maximum Gasteiger partial charge on any atom is 0.295 e. The molecule has 0 bridgehead atoms. The van der Waals surface area contributed by atoms with Crippen LogP contribution >= 0.6 is 0 Å². The zero-order chi connectivity index (χ0) is 26.6. The summed E-state index contributed by atoms with van der Waals surface area (Å²) in [4.78, 5) is 40.3. The van der Waals surface area contributed by atoms with Crippen LogP contribution in [-0.2, 0) is 9.59 Å². The van der Waals surface area contributed by atoms with Crippen LogP contribution in [0, 0.1) is 23.0 Å². The van der Waals surface area contributed by atoms with Crippen molar-refractivity contribution < 1.29 is 24.4 Å². The van der Waals surface area contributed by atoms with Crippen molar-refractivity contribution in [3.8, 4) is 5.75 Å². The summed E-state index contributed by atoms with van der Waals surface area (Å²) in [5.41, 5.74) is 1.50. The van der Waals surface area contributed by atoms with Crippen molar-refractivity contribution in [2.45, 2.75) is 33.2 Å². The Kier molecular flexibility index (Phi) is 8.47. The molecule has 1 heterocycles. The summed E-state index contributed by atoms with van der Waals surface area (Å²) in [6.07, 6.45) is 0.616. The van der Waals surface area contributed by atoms with Gasteiger partial charge in [-0.05, 0) is 81.4 Å². The molecule has 9 nitrogen and oxygen atoms in total. The molecule has 0 saturated carbocycles.